The Labute approximate surface area is 165 Å². The first kappa shape index (κ1) is 22.3. The molecule has 1 aliphatic heterocycles. The molecule has 5 unspecified atom stereocenters. The van der Waals surface area contributed by atoms with E-state index in [0.717, 1.165) is 36.9 Å². The van der Waals surface area contributed by atoms with E-state index >= 15 is 0 Å². The zero-order valence-electron chi connectivity index (χ0n) is 19.2. The molecule has 5 atom stereocenters. The maximum absolute atomic E-state index is 6.18. The number of hydrogen-bond acceptors (Lipinski definition) is 1. The van der Waals surface area contributed by atoms with Crippen LogP contribution in [0.5, 0.6) is 0 Å². The third-order valence-corrected chi connectivity index (χ3v) is 9.07. The molecule has 1 saturated carbocycles. The van der Waals surface area contributed by atoms with Gasteiger partial charge in [-0.15, -0.1) is 0 Å². The van der Waals surface area contributed by atoms with Gasteiger partial charge in [-0.2, -0.15) is 0 Å². The number of ether oxygens (including phenoxy) is 1. The van der Waals surface area contributed by atoms with E-state index in [1.54, 1.807) is 0 Å². The Morgan fingerprint density at radius 1 is 0.923 bits per heavy atom. The van der Waals surface area contributed by atoms with Gasteiger partial charge in [-0.05, 0) is 72.0 Å². The Morgan fingerprint density at radius 3 is 2.12 bits per heavy atom. The van der Waals surface area contributed by atoms with Gasteiger partial charge in [0.1, 0.15) is 0 Å². The minimum Gasteiger partial charge on any atom is -0.381 e. The summed E-state index contributed by atoms with van der Waals surface area (Å²) >= 11 is 0. The summed E-state index contributed by atoms with van der Waals surface area (Å²) in [4.78, 5) is 0. The van der Waals surface area contributed by atoms with E-state index in [1.807, 2.05) is 0 Å². The molecule has 2 rings (SSSR count). The molecule has 1 heterocycles. The molecule has 0 aromatic rings. The minimum absolute atomic E-state index is 0.420. The first-order valence-electron chi connectivity index (χ1n) is 11.8. The lowest BCUT2D eigenvalue weighted by atomic mass is 9.54. The van der Waals surface area contributed by atoms with Crippen molar-refractivity contribution in [2.24, 2.45) is 46.3 Å². The van der Waals surface area contributed by atoms with Gasteiger partial charge >= 0.3 is 0 Å². The SMILES string of the molecule is CCC1(CCC2COCC(C(C)C)C2(C)C(C)C)CCCCC1C(C)C. The molecule has 0 amide bonds. The fourth-order valence-corrected chi connectivity index (χ4v) is 6.96. The van der Waals surface area contributed by atoms with Gasteiger partial charge in [0.25, 0.3) is 0 Å². The highest BCUT2D eigenvalue weighted by atomic mass is 16.5. The first-order valence-corrected chi connectivity index (χ1v) is 11.8. The maximum atomic E-state index is 6.18. The lowest BCUT2D eigenvalue weighted by Crippen LogP contribution is -2.50. The van der Waals surface area contributed by atoms with Gasteiger partial charge < -0.3 is 4.74 Å². The second-order valence-corrected chi connectivity index (χ2v) is 11.0. The van der Waals surface area contributed by atoms with Gasteiger partial charge in [0, 0.05) is 6.61 Å². The molecular formula is C25H48O. The van der Waals surface area contributed by atoms with Crippen molar-refractivity contribution in [2.75, 3.05) is 13.2 Å². The molecule has 0 bridgehead atoms. The molecule has 26 heavy (non-hydrogen) atoms. The Kier molecular flexibility index (Phi) is 7.68. The molecule has 0 radical (unpaired) electrons. The number of rotatable bonds is 7. The summed E-state index contributed by atoms with van der Waals surface area (Å²) in [6.07, 6.45) is 10.00. The third kappa shape index (κ3) is 4.18. The average Bonchev–Trinajstić information content (AvgIpc) is 2.60. The van der Waals surface area contributed by atoms with E-state index in [2.05, 4.69) is 55.4 Å². The van der Waals surface area contributed by atoms with Crippen molar-refractivity contribution in [3.8, 4) is 0 Å². The molecule has 0 aromatic carbocycles. The summed E-state index contributed by atoms with van der Waals surface area (Å²) in [6, 6.07) is 0. The van der Waals surface area contributed by atoms with Crippen LogP contribution in [0.2, 0.25) is 0 Å². The van der Waals surface area contributed by atoms with Crippen LogP contribution in [-0.2, 0) is 4.74 Å². The van der Waals surface area contributed by atoms with Gasteiger partial charge in [0.15, 0.2) is 0 Å². The van der Waals surface area contributed by atoms with Crippen molar-refractivity contribution in [3.05, 3.63) is 0 Å². The van der Waals surface area contributed by atoms with E-state index in [-0.39, 0.29) is 0 Å². The van der Waals surface area contributed by atoms with Gasteiger partial charge in [-0.1, -0.05) is 74.7 Å². The van der Waals surface area contributed by atoms with Crippen molar-refractivity contribution in [1.29, 1.82) is 0 Å². The summed E-state index contributed by atoms with van der Waals surface area (Å²) in [7, 11) is 0. The molecule has 2 aliphatic rings. The summed E-state index contributed by atoms with van der Waals surface area (Å²) in [6.45, 7) is 21.7. The predicted octanol–water partition coefficient (Wildman–Crippen LogP) is 7.59. The van der Waals surface area contributed by atoms with E-state index < -0.39 is 0 Å². The van der Waals surface area contributed by atoms with Crippen LogP contribution in [0.25, 0.3) is 0 Å². The Bertz CT molecular complexity index is 426. The normalized spacial score (nSPS) is 39.1. The lowest BCUT2D eigenvalue weighted by Gasteiger charge is -2.53. The van der Waals surface area contributed by atoms with E-state index in [9.17, 15) is 0 Å². The fourth-order valence-electron chi connectivity index (χ4n) is 6.96. The molecule has 0 aromatic heterocycles. The molecule has 1 heteroatoms. The van der Waals surface area contributed by atoms with Gasteiger partial charge in [0.05, 0.1) is 6.61 Å². The maximum Gasteiger partial charge on any atom is 0.0502 e. The highest BCUT2D eigenvalue weighted by Crippen LogP contribution is 2.55. The van der Waals surface area contributed by atoms with Gasteiger partial charge in [-0.25, -0.2) is 0 Å². The van der Waals surface area contributed by atoms with Crippen LogP contribution in [0.3, 0.4) is 0 Å². The fraction of sp³-hybridized carbons (Fsp3) is 1.00. The van der Waals surface area contributed by atoms with E-state index in [0.29, 0.717) is 22.7 Å². The Balaban J connectivity index is 2.19. The molecule has 2 fully saturated rings. The zero-order chi connectivity index (χ0) is 19.5. The average molecular weight is 365 g/mol. The highest BCUT2D eigenvalue weighted by Gasteiger charge is 2.49. The first-order chi connectivity index (χ1) is 12.2. The molecule has 0 N–H and O–H groups in total. The highest BCUT2D eigenvalue weighted by molar-refractivity contribution is 4.97. The van der Waals surface area contributed by atoms with Crippen LogP contribution in [0.15, 0.2) is 0 Å². The topological polar surface area (TPSA) is 9.23 Å². The van der Waals surface area contributed by atoms with E-state index in [4.69, 9.17) is 4.74 Å². The predicted molar refractivity (Wildman–Crippen MR) is 114 cm³/mol. The summed E-state index contributed by atoms with van der Waals surface area (Å²) in [5, 5.41) is 0. The Hall–Kier alpha value is -0.0400. The third-order valence-electron chi connectivity index (χ3n) is 9.07. The van der Waals surface area contributed by atoms with Gasteiger partial charge in [0.2, 0.25) is 0 Å². The molecule has 1 saturated heterocycles. The summed E-state index contributed by atoms with van der Waals surface area (Å²) < 4.78 is 6.18. The van der Waals surface area contributed by atoms with Crippen molar-refractivity contribution in [1.82, 2.24) is 0 Å². The monoisotopic (exact) mass is 364 g/mol. The second kappa shape index (κ2) is 8.97. The Morgan fingerprint density at radius 2 is 1.58 bits per heavy atom. The molecular weight excluding hydrogens is 316 g/mol. The van der Waals surface area contributed by atoms with Crippen LogP contribution < -0.4 is 0 Å². The molecule has 1 nitrogen and oxygen atoms in total. The largest absolute Gasteiger partial charge is 0.381 e. The quantitative estimate of drug-likeness (QED) is 0.452. The molecule has 154 valence electrons. The molecule has 1 aliphatic carbocycles. The second-order valence-electron chi connectivity index (χ2n) is 11.0. The number of hydrogen-bond donors (Lipinski definition) is 0. The smallest absolute Gasteiger partial charge is 0.0502 e. The summed E-state index contributed by atoms with van der Waals surface area (Å²) in [5.41, 5.74) is 1.01. The van der Waals surface area contributed by atoms with Crippen LogP contribution in [0, 0.1) is 46.3 Å². The van der Waals surface area contributed by atoms with Crippen LogP contribution >= 0.6 is 0 Å². The van der Waals surface area contributed by atoms with E-state index in [1.165, 1.54) is 44.9 Å². The van der Waals surface area contributed by atoms with Crippen LogP contribution in [0.4, 0.5) is 0 Å². The lowest BCUT2D eigenvalue weighted by molar-refractivity contribution is -0.129. The van der Waals surface area contributed by atoms with Crippen molar-refractivity contribution in [2.45, 2.75) is 100 Å². The van der Waals surface area contributed by atoms with Crippen LogP contribution in [-0.4, -0.2) is 13.2 Å². The zero-order valence-corrected chi connectivity index (χ0v) is 19.2. The van der Waals surface area contributed by atoms with Crippen molar-refractivity contribution in [3.63, 3.8) is 0 Å². The van der Waals surface area contributed by atoms with Crippen molar-refractivity contribution >= 4 is 0 Å². The summed E-state index contributed by atoms with van der Waals surface area (Å²) in [5.74, 6) is 4.62. The minimum atomic E-state index is 0.420. The molecule has 0 spiro atoms. The standard InChI is InChI=1S/C25H48O/c1-9-25(14-11-10-12-22(25)18(2)3)15-13-21-16-26-17-23(19(4)5)24(21,8)20(6)7/h18-23H,9-17H2,1-8H3. The van der Waals surface area contributed by atoms with Gasteiger partial charge in [-0.3, -0.25) is 0 Å². The van der Waals surface area contributed by atoms with Crippen LogP contribution in [0.1, 0.15) is 100 Å². The van der Waals surface area contributed by atoms with Crippen molar-refractivity contribution < 1.29 is 4.74 Å².